The summed E-state index contributed by atoms with van der Waals surface area (Å²) in [5.74, 6) is -0.677. The number of nitrogens with zero attached hydrogens (tertiary/aromatic N) is 2. The van der Waals surface area contributed by atoms with Crippen molar-refractivity contribution in [2.45, 2.75) is 32.9 Å². The number of furan rings is 1. The third-order valence-electron chi connectivity index (χ3n) is 5.71. The zero-order valence-corrected chi connectivity index (χ0v) is 19.9. The van der Waals surface area contributed by atoms with Crippen LogP contribution in [-0.4, -0.2) is 37.0 Å². The molecule has 1 atom stereocenters. The van der Waals surface area contributed by atoms with E-state index in [-0.39, 0.29) is 17.4 Å². The first kappa shape index (κ1) is 23.2. The second-order valence-corrected chi connectivity index (χ2v) is 8.74. The Morgan fingerprint density at radius 1 is 1.09 bits per heavy atom. The van der Waals surface area contributed by atoms with Gasteiger partial charge in [0, 0.05) is 31.0 Å². The Labute approximate surface area is 198 Å². The first-order chi connectivity index (χ1) is 16.2. The largest absolute Gasteiger partial charge is 0.507 e. The van der Waals surface area contributed by atoms with Gasteiger partial charge in [-0.1, -0.05) is 0 Å². The molecule has 4 rings (SSSR count). The standard InChI is InChI=1S/C27H28N2O5/c1-16(2)34-21-13-8-18(15-17(21)3)25(30)23-24(22-7-6-14-33-22)29(27(32)26(23)31)20-11-9-19(10-12-20)28(4)5/h6-16,24,30H,1-5H3/b25-23-. The summed E-state index contributed by atoms with van der Waals surface area (Å²) in [6, 6.07) is 14.9. The van der Waals surface area contributed by atoms with Gasteiger partial charge in [-0.05, 0) is 80.9 Å². The van der Waals surface area contributed by atoms with Crippen molar-refractivity contribution in [3.63, 3.8) is 0 Å². The van der Waals surface area contributed by atoms with Crippen LogP contribution >= 0.6 is 0 Å². The lowest BCUT2D eigenvalue weighted by molar-refractivity contribution is -0.132. The van der Waals surface area contributed by atoms with Crippen LogP contribution in [0.5, 0.6) is 5.75 Å². The van der Waals surface area contributed by atoms with Crippen molar-refractivity contribution in [2.75, 3.05) is 23.9 Å². The Morgan fingerprint density at radius 3 is 2.35 bits per heavy atom. The van der Waals surface area contributed by atoms with Gasteiger partial charge in [-0.3, -0.25) is 14.5 Å². The molecule has 7 nitrogen and oxygen atoms in total. The van der Waals surface area contributed by atoms with Gasteiger partial charge in [-0.2, -0.15) is 0 Å². The summed E-state index contributed by atoms with van der Waals surface area (Å²) < 4.78 is 11.4. The average Bonchev–Trinajstić information content (AvgIpc) is 3.41. The topological polar surface area (TPSA) is 83.2 Å². The number of anilines is 2. The van der Waals surface area contributed by atoms with Crippen LogP contribution in [0.25, 0.3) is 5.76 Å². The summed E-state index contributed by atoms with van der Waals surface area (Å²) in [6.45, 7) is 5.73. The van der Waals surface area contributed by atoms with E-state index in [1.807, 2.05) is 51.9 Å². The van der Waals surface area contributed by atoms with Crippen LogP contribution in [-0.2, 0) is 9.59 Å². The second-order valence-electron chi connectivity index (χ2n) is 8.74. The number of aliphatic hydroxyl groups excluding tert-OH is 1. The molecule has 34 heavy (non-hydrogen) atoms. The fourth-order valence-corrected chi connectivity index (χ4v) is 4.06. The first-order valence-electron chi connectivity index (χ1n) is 11.1. The van der Waals surface area contributed by atoms with Crippen LogP contribution in [0, 0.1) is 6.92 Å². The number of Topliss-reactive ketones (excluding diaryl/α,β-unsaturated/α-hetero) is 1. The summed E-state index contributed by atoms with van der Waals surface area (Å²) in [5, 5.41) is 11.2. The highest BCUT2D eigenvalue weighted by atomic mass is 16.5. The van der Waals surface area contributed by atoms with E-state index in [2.05, 4.69) is 0 Å². The molecule has 1 fully saturated rings. The quantitative estimate of drug-likeness (QED) is 0.314. The average molecular weight is 461 g/mol. The number of carbonyl (C=O) groups is 2. The number of aryl methyl sites for hydroxylation is 1. The van der Waals surface area contributed by atoms with E-state index in [1.54, 1.807) is 42.5 Å². The van der Waals surface area contributed by atoms with Crippen LogP contribution in [0.4, 0.5) is 11.4 Å². The van der Waals surface area contributed by atoms with Crippen molar-refractivity contribution in [3.8, 4) is 5.75 Å². The minimum atomic E-state index is -0.896. The zero-order valence-electron chi connectivity index (χ0n) is 19.9. The molecular weight excluding hydrogens is 432 g/mol. The monoisotopic (exact) mass is 460 g/mol. The maximum atomic E-state index is 13.2. The van der Waals surface area contributed by atoms with E-state index >= 15 is 0 Å². The molecule has 0 radical (unpaired) electrons. The van der Waals surface area contributed by atoms with E-state index in [4.69, 9.17) is 9.15 Å². The van der Waals surface area contributed by atoms with Crippen LogP contribution in [0.3, 0.4) is 0 Å². The SMILES string of the molecule is Cc1cc(/C(O)=C2/C(=O)C(=O)N(c3ccc(N(C)C)cc3)C2c2ccco2)ccc1OC(C)C. The third-order valence-corrected chi connectivity index (χ3v) is 5.71. The van der Waals surface area contributed by atoms with Gasteiger partial charge >= 0.3 is 0 Å². The van der Waals surface area contributed by atoms with Gasteiger partial charge in [0.25, 0.3) is 11.7 Å². The molecule has 0 spiro atoms. The van der Waals surface area contributed by atoms with Crippen LogP contribution in [0.2, 0.25) is 0 Å². The number of amides is 1. The summed E-state index contributed by atoms with van der Waals surface area (Å²) in [6.07, 6.45) is 1.48. The minimum Gasteiger partial charge on any atom is -0.507 e. The molecule has 1 unspecified atom stereocenters. The van der Waals surface area contributed by atoms with Crippen molar-refractivity contribution in [1.82, 2.24) is 0 Å². The molecule has 1 amide bonds. The fourth-order valence-electron chi connectivity index (χ4n) is 4.06. The Balaban J connectivity index is 1.83. The lowest BCUT2D eigenvalue weighted by Crippen LogP contribution is -2.29. The summed E-state index contributed by atoms with van der Waals surface area (Å²) in [4.78, 5) is 29.7. The summed E-state index contributed by atoms with van der Waals surface area (Å²) in [5.41, 5.74) is 2.69. The van der Waals surface area contributed by atoms with Crippen molar-refractivity contribution in [1.29, 1.82) is 0 Å². The maximum Gasteiger partial charge on any atom is 0.300 e. The van der Waals surface area contributed by atoms with Gasteiger partial charge in [0.05, 0.1) is 17.9 Å². The fraction of sp³-hybridized carbons (Fsp3) is 0.259. The molecule has 1 aromatic heterocycles. The lowest BCUT2D eigenvalue weighted by Gasteiger charge is -2.24. The van der Waals surface area contributed by atoms with E-state index in [9.17, 15) is 14.7 Å². The molecule has 0 aliphatic carbocycles. The Morgan fingerprint density at radius 2 is 1.79 bits per heavy atom. The zero-order chi connectivity index (χ0) is 24.6. The molecule has 1 aliphatic rings. The van der Waals surface area contributed by atoms with E-state index in [0.29, 0.717) is 22.8 Å². The molecule has 1 N–H and O–H groups in total. The highest BCUT2D eigenvalue weighted by Gasteiger charge is 2.48. The first-order valence-corrected chi connectivity index (χ1v) is 11.1. The van der Waals surface area contributed by atoms with Gasteiger partial charge in [-0.15, -0.1) is 0 Å². The maximum absolute atomic E-state index is 13.2. The molecule has 1 saturated heterocycles. The molecule has 2 heterocycles. The van der Waals surface area contributed by atoms with E-state index in [0.717, 1.165) is 11.3 Å². The molecule has 0 bridgehead atoms. The lowest BCUT2D eigenvalue weighted by atomic mass is 9.98. The van der Waals surface area contributed by atoms with Crippen molar-refractivity contribution in [2.24, 2.45) is 0 Å². The molecular formula is C27H28N2O5. The smallest absolute Gasteiger partial charge is 0.300 e. The number of hydrogen-bond donors (Lipinski definition) is 1. The van der Waals surface area contributed by atoms with Crippen molar-refractivity contribution >= 4 is 28.8 Å². The van der Waals surface area contributed by atoms with E-state index in [1.165, 1.54) is 11.2 Å². The molecule has 1 aliphatic heterocycles. The predicted octanol–water partition coefficient (Wildman–Crippen LogP) is 5.07. The Bertz CT molecular complexity index is 1240. The number of benzene rings is 2. The predicted molar refractivity (Wildman–Crippen MR) is 131 cm³/mol. The normalized spacial score (nSPS) is 17.5. The molecule has 0 saturated carbocycles. The van der Waals surface area contributed by atoms with Gasteiger partial charge in [-0.25, -0.2) is 0 Å². The van der Waals surface area contributed by atoms with Crippen molar-refractivity contribution < 1.29 is 23.8 Å². The summed E-state index contributed by atoms with van der Waals surface area (Å²) in [7, 11) is 3.84. The van der Waals surface area contributed by atoms with Crippen LogP contribution < -0.4 is 14.5 Å². The Hall–Kier alpha value is -4.00. The highest BCUT2D eigenvalue weighted by molar-refractivity contribution is 6.51. The number of rotatable bonds is 6. The molecule has 176 valence electrons. The van der Waals surface area contributed by atoms with Gasteiger partial charge in [0.2, 0.25) is 0 Å². The molecule has 3 aromatic rings. The number of ether oxygens (including phenoxy) is 1. The number of carbonyl (C=O) groups excluding carboxylic acids is 2. The third kappa shape index (κ3) is 4.17. The van der Waals surface area contributed by atoms with Crippen LogP contribution in [0.15, 0.2) is 70.9 Å². The van der Waals surface area contributed by atoms with E-state index < -0.39 is 17.7 Å². The van der Waals surface area contributed by atoms with Crippen molar-refractivity contribution in [3.05, 3.63) is 83.3 Å². The molecule has 7 heteroatoms. The molecule has 2 aromatic carbocycles. The summed E-state index contributed by atoms with van der Waals surface area (Å²) >= 11 is 0. The number of hydrogen-bond acceptors (Lipinski definition) is 6. The number of ketones is 1. The minimum absolute atomic E-state index is 0.00121. The van der Waals surface area contributed by atoms with Gasteiger partial charge < -0.3 is 19.2 Å². The van der Waals surface area contributed by atoms with Gasteiger partial charge in [0.15, 0.2) is 0 Å². The van der Waals surface area contributed by atoms with Crippen LogP contribution in [0.1, 0.15) is 36.8 Å². The second kappa shape index (κ2) is 9.09. The highest BCUT2D eigenvalue weighted by Crippen LogP contribution is 2.42. The number of aliphatic hydroxyl groups is 1. The van der Waals surface area contributed by atoms with Gasteiger partial charge in [0.1, 0.15) is 23.3 Å². The Kier molecular flexibility index (Phi) is 6.20.